The number of hydrogen-bond donors (Lipinski definition) is 1. The van der Waals surface area contributed by atoms with Gasteiger partial charge in [0.15, 0.2) is 0 Å². The molecule has 1 fully saturated rings. The summed E-state index contributed by atoms with van der Waals surface area (Å²) < 4.78 is 23.5. The molecular formula is C8H13N5O3S2. The maximum Gasteiger partial charge on any atom is 0.341 e. The van der Waals surface area contributed by atoms with E-state index in [0.29, 0.717) is 6.42 Å². The Balaban J connectivity index is 2.24. The fourth-order valence-electron chi connectivity index (χ4n) is 1.44. The first-order valence-corrected chi connectivity index (χ1v) is 7.77. The molecule has 1 aliphatic heterocycles. The summed E-state index contributed by atoms with van der Waals surface area (Å²) in [5, 5.41) is 9.00. The van der Waals surface area contributed by atoms with Gasteiger partial charge in [0, 0.05) is 7.05 Å². The van der Waals surface area contributed by atoms with Gasteiger partial charge >= 0.3 is 6.03 Å². The minimum Gasteiger partial charge on any atom is -0.261 e. The minimum absolute atomic E-state index is 0.0354. The minimum atomic E-state index is -3.38. The number of nitrogens with one attached hydrogen (secondary N) is 1. The summed E-state index contributed by atoms with van der Waals surface area (Å²) in [5.41, 5.74) is 2.79. The van der Waals surface area contributed by atoms with Crippen LogP contribution >= 0.6 is 11.3 Å². The highest BCUT2D eigenvalue weighted by molar-refractivity contribution is 7.93. The zero-order chi connectivity index (χ0) is 13.3. The van der Waals surface area contributed by atoms with E-state index in [4.69, 9.17) is 0 Å². The highest BCUT2D eigenvalue weighted by Gasteiger charge is 2.30. The SMILES string of the molecule is CCCS(=O)(=O)c1nnc(N2CNN(C)C2=O)s1. The Labute approximate surface area is 108 Å². The number of anilines is 1. The molecule has 0 saturated carbocycles. The smallest absolute Gasteiger partial charge is 0.261 e. The van der Waals surface area contributed by atoms with Gasteiger partial charge in [-0.15, -0.1) is 10.2 Å². The highest BCUT2D eigenvalue weighted by Crippen LogP contribution is 2.26. The second-order valence-corrected chi connectivity index (χ2v) is 6.99. The van der Waals surface area contributed by atoms with Gasteiger partial charge in [-0.1, -0.05) is 18.3 Å². The van der Waals surface area contributed by atoms with Crippen molar-refractivity contribution in [1.82, 2.24) is 20.6 Å². The van der Waals surface area contributed by atoms with Crippen LogP contribution in [0.1, 0.15) is 13.3 Å². The fourth-order valence-corrected chi connectivity index (χ4v) is 3.87. The molecule has 1 N–H and O–H groups in total. The highest BCUT2D eigenvalue weighted by atomic mass is 32.2. The molecule has 0 unspecified atom stereocenters. The standard InChI is InChI=1S/C8H13N5O3S2/c1-3-4-18(15,16)7-11-10-6(17-7)13-5-9-12(2)8(13)14/h9H,3-5H2,1-2H3. The van der Waals surface area contributed by atoms with Crippen LogP contribution in [0.3, 0.4) is 0 Å². The van der Waals surface area contributed by atoms with Crippen molar-refractivity contribution >= 4 is 32.3 Å². The van der Waals surface area contributed by atoms with Gasteiger partial charge in [0.05, 0.1) is 12.4 Å². The van der Waals surface area contributed by atoms with Crippen LogP contribution in [-0.2, 0) is 9.84 Å². The summed E-state index contributed by atoms with van der Waals surface area (Å²) in [6.45, 7) is 2.04. The Morgan fingerprint density at radius 3 is 2.72 bits per heavy atom. The summed E-state index contributed by atoms with van der Waals surface area (Å²) in [5.74, 6) is 0.0354. The lowest BCUT2D eigenvalue weighted by molar-refractivity contribution is 0.217. The van der Waals surface area contributed by atoms with Gasteiger partial charge in [-0.3, -0.25) is 9.91 Å². The van der Waals surface area contributed by atoms with E-state index in [1.54, 1.807) is 14.0 Å². The van der Waals surface area contributed by atoms with Gasteiger partial charge in [0.1, 0.15) is 0 Å². The van der Waals surface area contributed by atoms with Gasteiger partial charge in [-0.2, -0.15) is 0 Å². The van der Waals surface area contributed by atoms with E-state index in [1.807, 2.05) is 0 Å². The normalized spacial score (nSPS) is 16.7. The molecule has 0 spiro atoms. The lowest BCUT2D eigenvalue weighted by Gasteiger charge is -2.08. The monoisotopic (exact) mass is 291 g/mol. The van der Waals surface area contributed by atoms with Crippen molar-refractivity contribution in [2.75, 3.05) is 24.4 Å². The van der Waals surface area contributed by atoms with Crippen LogP contribution in [-0.4, -0.2) is 49.1 Å². The van der Waals surface area contributed by atoms with Crippen LogP contribution in [0.4, 0.5) is 9.93 Å². The molecule has 1 saturated heterocycles. The lowest BCUT2D eigenvalue weighted by Crippen LogP contribution is -2.31. The van der Waals surface area contributed by atoms with E-state index < -0.39 is 9.84 Å². The number of nitrogens with zero attached hydrogens (tertiary/aromatic N) is 4. The number of hydrazine groups is 1. The zero-order valence-electron chi connectivity index (χ0n) is 9.95. The molecule has 100 valence electrons. The molecule has 18 heavy (non-hydrogen) atoms. The summed E-state index contributed by atoms with van der Waals surface area (Å²) >= 11 is 0.911. The summed E-state index contributed by atoms with van der Waals surface area (Å²) in [4.78, 5) is 13.0. The average molecular weight is 291 g/mol. The van der Waals surface area contributed by atoms with Crippen molar-refractivity contribution < 1.29 is 13.2 Å². The number of hydrogen-bond acceptors (Lipinski definition) is 7. The molecule has 1 aromatic rings. The van der Waals surface area contributed by atoms with Crippen molar-refractivity contribution in [1.29, 1.82) is 0 Å². The number of urea groups is 1. The summed E-state index contributed by atoms with van der Waals surface area (Å²) in [7, 11) is -1.80. The third kappa shape index (κ3) is 2.31. The Morgan fingerprint density at radius 1 is 1.44 bits per heavy atom. The number of carbonyl (C=O) groups excluding carboxylic acids is 1. The molecule has 1 aromatic heterocycles. The molecule has 0 radical (unpaired) electrons. The molecule has 0 bridgehead atoms. The predicted octanol–water partition coefficient (Wildman–Crippen LogP) is 0.0557. The van der Waals surface area contributed by atoms with E-state index in [2.05, 4.69) is 15.6 Å². The van der Waals surface area contributed by atoms with E-state index >= 15 is 0 Å². The number of amides is 2. The number of rotatable bonds is 4. The van der Waals surface area contributed by atoms with E-state index in [-0.39, 0.29) is 27.9 Å². The molecule has 2 rings (SSSR count). The molecule has 2 amide bonds. The first-order chi connectivity index (χ1) is 8.45. The van der Waals surface area contributed by atoms with Crippen molar-refractivity contribution in [2.24, 2.45) is 0 Å². The van der Waals surface area contributed by atoms with Crippen molar-refractivity contribution in [3.63, 3.8) is 0 Å². The molecule has 2 heterocycles. The topological polar surface area (TPSA) is 95.5 Å². The summed E-state index contributed by atoms with van der Waals surface area (Å²) in [6, 6.07) is -0.286. The molecular weight excluding hydrogens is 278 g/mol. The van der Waals surface area contributed by atoms with Crippen LogP contribution in [0.25, 0.3) is 0 Å². The van der Waals surface area contributed by atoms with E-state index in [9.17, 15) is 13.2 Å². The number of carbonyl (C=O) groups is 1. The first-order valence-electron chi connectivity index (χ1n) is 5.30. The maximum atomic E-state index is 11.8. The van der Waals surface area contributed by atoms with Crippen LogP contribution < -0.4 is 10.3 Å². The lowest BCUT2D eigenvalue weighted by atomic mass is 10.6. The van der Waals surface area contributed by atoms with Crippen LogP contribution in [0, 0.1) is 0 Å². The zero-order valence-corrected chi connectivity index (χ0v) is 11.6. The molecule has 8 nitrogen and oxygen atoms in total. The first kappa shape index (κ1) is 13.2. The predicted molar refractivity (Wildman–Crippen MR) is 65.9 cm³/mol. The van der Waals surface area contributed by atoms with Crippen molar-refractivity contribution in [2.45, 2.75) is 17.7 Å². The molecule has 0 atom stereocenters. The summed E-state index contributed by atoms with van der Waals surface area (Å²) in [6.07, 6.45) is 0.518. The van der Waals surface area contributed by atoms with Crippen LogP contribution in [0.2, 0.25) is 0 Å². The quantitative estimate of drug-likeness (QED) is 0.788. The van der Waals surface area contributed by atoms with E-state index in [0.717, 1.165) is 11.3 Å². The van der Waals surface area contributed by atoms with E-state index in [1.165, 1.54) is 9.91 Å². The van der Waals surface area contributed by atoms with Crippen molar-refractivity contribution in [3.05, 3.63) is 0 Å². The Bertz CT molecular complexity index is 555. The van der Waals surface area contributed by atoms with Gasteiger partial charge in [0.2, 0.25) is 19.3 Å². The third-order valence-corrected chi connectivity index (χ3v) is 5.66. The number of sulfone groups is 1. The van der Waals surface area contributed by atoms with Crippen LogP contribution in [0.5, 0.6) is 0 Å². The largest absolute Gasteiger partial charge is 0.341 e. The third-order valence-electron chi connectivity index (χ3n) is 2.35. The number of aromatic nitrogens is 2. The van der Waals surface area contributed by atoms with Crippen molar-refractivity contribution in [3.8, 4) is 0 Å². The maximum absolute atomic E-state index is 11.8. The van der Waals surface area contributed by atoms with Gasteiger partial charge in [-0.25, -0.2) is 18.6 Å². The Kier molecular flexibility index (Phi) is 3.50. The second kappa shape index (κ2) is 4.78. The molecule has 10 heteroatoms. The van der Waals surface area contributed by atoms with Gasteiger partial charge in [0.25, 0.3) is 0 Å². The average Bonchev–Trinajstić information content (AvgIpc) is 2.88. The Morgan fingerprint density at radius 2 is 2.17 bits per heavy atom. The molecule has 0 aliphatic carbocycles. The molecule has 0 aromatic carbocycles. The molecule has 1 aliphatic rings. The van der Waals surface area contributed by atoms with Gasteiger partial charge < -0.3 is 0 Å². The van der Waals surface area contributed by atoms with Crippen LogP contribution in [0.15, 0.2) is 4.34 Å². The Hall–Kier alpha value is -1.26. The fraction of sp³-hybridized carbons (Fsp3) is 0.625. The van der Waals surface area contributed by atoms with Gasteiger partial charge in [-0.05, 0) is 6.42 Å². The second-order valence-electron chi connectivity index (χ2n) is 3.76.